The average Bonchev–Trinajstić information content (AvgIpc) is 2.62. The number of alkyl halides is 3. The van der Waals surface area contributed by atoms with Crippen LogP contribution in [-0.4, -0.2) is 45.0 Å². The van der Waals surface area contributed by atoms with Gasteiger partial charge in [0.1, 0.15) is 6.54 Å². The Morgan fingerprint density at radius 2 is 2.00 bits per heavy atom. The Hall–Kier alpha value is -3.24. The first kappa shape index (κ1) is 20.1. The summed E-state index contributed by atoms with van der Waals surface area (Å²) in [7, 11) is 0. The molecule has 0 saturated carbocycles. The van der Waals surface area contributed by atoms with Gasteiger partial charge in [-0.15, -0.1) is 6.58 Å². The number of halogens is 3. The van der Waals surface area contributed by atoms with E-state index in [1.807, 2.05) is 0 Å². The lowest BCUT2D eigenvalue weighted by Crippen LogP contribution is -2.33. The topological polar surface area (TPSA) is 99.0 Å². The highest BCUT2D eigenvalue weighted by Gasteiger charge is 2.28. The standard InChI is InChI=1S/C16H16F3N5O3/c1-2-3-6-20-13(25)9-24-14(26)5-4-12(23-24)11-7-21-15(22-8-11)27-10-16(17,18)19/h2,4-5,7-8H,1,3,6,9-10H2,(H,20,25). The van der Waals surface area contributed by atoms with Gasteiger partial charge in [0.15, 0.2) is 6.61 Å². The van der Waals surface area contributed by atoms with Gasteiger partial charge in [-0.3, -0.25) is 9.59 Å². The van der Waals surface area contributed by atoms with Crippen molar-refractivity contribution < 1.29 is 22.7 Å². The summed E-state index contributed by atoms with van der Waals surface area (Å²) in [5.74, 6) is -0.393. The number of nitrogens with zero attached hydrogens (tertiary/aromatic N) is 4. The number of nitrogens with one attached hydrogen (secondary N) is 1. The first-order valence-electron chi connectivity index (χ1n) is 7.76. The maximum atomic E-state index is 12.1. The molecule has 2 heterocycles. The molecule has 27 heavy (non-hydrogen) atoms. The zero-order valence-corrected chi connectivity index (χ0v) is 14.1. The van der Waals surface area contributed by atoms with E-state index in [0.717, 1.165) is 4.68 Å². The first-order valence-corrected chi connectivity index (χ1v) is 7.76. The van der Waals surface area contributed by atoms with Gasteiger partial charge < -0.3 is 10.1 Å². The van der Waals surface area contributed by atoms with Gasteiger partial charge in [0.2, 0.25) is 5.91 Å². The number of aromatic nitrogens is 4. The number of rotatable bonds is 8. The van der Waals surface area contributed by atoms with Crippen molar-refractivity contribution in [1.29, 1.82) is 0 Å². The number of hydrogen-bond acceptors (Lipinski definition) is 6. The van der Waals surface area contributed by atoms with Crippen molar-refractivity contribution in [3.8, 4) is 17.3 Å². The molecule has 2 aromatic heterocycles. The minimum Gasteiger partial charge on any atom is -0.454 e. The van der Waals surface area contributed by atoms with Crippen LogP contribution in [0.3, 0.4) is 0 Å². The van der Waals surface area contributed by atoms with Crippen LogP contribution in [0.15, 0.2) is 42.0 Å². The number of hydrogen-bond donors (Lipinski definition) is 1. The van der Waals surface area contributed by atoms with Crippen molar-refractivity contribution in [3.05, 3.63) is 47.5 Å². The molecular weight excluding hydrogens is 367 g/mol. The smallest absolute Gasteiger partial charge is 0.422 e. The molecular formula is C16H16F3N5O3. The van der Waals surface area contributed by atoms with Crippen LogP contribution in [-0.2, 0) is 11.3 Å². The zero-order valence-electron chi connectivity index (χ0n) is 14.1. The Balaban J connectivity index is 2.09. The third kappa shape index (κ3) is 6.53. The summed E-state index contributed by atoms with van der Waals surface area (Å²) in [6, 6.07) is 2.17. The normalized spacial score (nSPS) is 11.1. The Morgan fingerprint density at radius 1 is 1.30 bits per heavy atom. The molecule has 0 atom stereocenters. The summed E-state index contributed by atoms with van der Waals surface area (Å²) in [6.07, 6.45) is 0.160. The molecule has 0 spiro atoms. The molecule has 0 aliphatic rings. The van der Waals surface area contributed by atoms with Gasteiger partial charge in [-0.05, 0) is 12.5 Å². The maximum absolute atomic E-state index is 12.1. The van der Waals surface area contributed by atoms with Gasteiger partial charge in [0.05, 0.1) is 5.69 Å². The van der Waals surface area contributed by atoms with E-state index in [9.17, 15) is 22.8 Å². The van der Waals surface area contributed by atoms with Crippen molar-refractivity contribution in [2.45, 2.75) is 19.1 Å². The zero-order chi connectivity index (χ0) is 19.9. The molecule has 0 aliphatic carbocycles. The fourth-order valence-electron chi connectivity index (χ4n) is 1.89. The Labute approximate surface area is 151 Å². The maximum Gasteiger partial charge on any atom is 0.422 e. The highest BCUT2D eigenvalue weighted by atomic mass is 19.4. The van der Waals surface area contributed by atoms with Crippen LogP contribution in [0.25, 0.3) is 11.3 Å². The average molecular weight is 383 g/mol. The Kier molecular flexibility index (Phi) is 6.63. The van der Waals surface area contributed by atoms with Crippen molar-refractivity contribution in [2.24, 2.45) is 0 Å². The highest BCUT2D eigenvalue weighted by Crippen LogP contribution is 2.18. The number of carbonyl (C=O) groups is 1. The third-order valence-corrected chi connectivity index (χ3v) is 3.12. The highest BCUT2D eigenvalue weighted by molar-refractivity contribution is 5.75. The van der Waals surface area contributed by atoms with Gasteiger partial charge in [0, 0.05) is 30.6 Å². The largest absolute Gasteiger partial charge is 0.454 e. The van der Waals surface area contributed by atoms with Gasteiger partial charge in [-0.2, -0.15) is 18.3 Å². The Morgan fingerprint density at radius 3 is 2.63 bits per heavy atom. The molecule has 8 nitrogen and oxygen atoms in total. The molecule has 1 amide bonds. The molecule has 1 N–H and O–H groups in total. The minimum atomic E-state index is -4.49. The third-order valence-electron chi connectivity index (χ3n) is 3.12. The van der Waals surface area contributed by atoms with Crippen LogP contribution in [0, 0.1) is 0 Å². The lowest BCUT2D eigenvalue weighted by Gasteiger charge is -2.09. The minimum absolute atomic E-state index is 0.274. The Bertz CT molecular complexity index is 850. The fraction of sp³-hybridized carbons (Fsp3) is 0.312. The predicted octanol–water partition coefficient (Wildman–Crippen LogP) is 1.33. The molecule has 144 valence electrons. The summed E-state index contributed by atoms with van der Waals surface area (Å²) >= 11 is 0. The lowest BCUT2D eigenvalue weighted by atomic mass is 10.2. The van der Waals surface area contributed by atoms with E-state index in [-0.39, 0.29) is 12.2 Å². The van der Waals surface area contributed by atoms with Crippen LogP contribution in [0.2, 0.25) is 0 Å². The van der Waals surface area contributed by atoms with Crippen LogP contribution >= 0.6 is 0 Å². The lowest BCUT2D eigenvalue weighted by molar-refractivity contribution is -0.154. The molecule has 0 aromatic carbocycles. The van der Waals surface area contributed by atoms with Gasteiger partial charge in [-0.1, -0.05) is 6.08 Å². The molecule has 0 aliphatic heterocycles. The van der Waals surface area contributed by atoms with Crippen molar-refractivity contribution in [1.82, 2.24) is 25.1 Å². The van der Waals surface area contributed by atoms with Crippen LogP contribution < -0.4 is 15.6 Å². The van der Waals surface area contributed by atoms with E-state index in [2.05, 4.69) is 31.7 Å². The first-order chi connectivity index (χ1) is 12.8. The molecule has 0 fully saturated rings. The van der Waals surface area contributed by atoms with Crippen LogP contribution in [0.4, 0.5) is 13.2 Å². The summed E-state index contributed by atoms with van der Waals surface area (Å²) in [5, 5.41) is 6.66. The quantitative estimate of drug-likeness (QED) is 0.546. The fourth-order valence-corrected chi connectivity index (χ4v) is 1.89. The van der Waals surface area contributed by atoms with E-state index in [1.54, 1.807) is 6.08 Å². The molecule has 0 unspecified atom stereocenters. The summed E-state index contributed by atoms with van der Waals surface area (Å²) < 4.78 is 41.7. The van der Waals surface area contributed by atoms with Crippen molar-refractivity contribution >= 4 is 5.91 Å². The number of amides is 1. The second-order valence-corrected chi connectivity index (χ2v) is 5.30. The van der Waals surface area contributed by atoms with Crippen molar-refractivity contribution in [3.63, 3.8) is 0 Å². The molecule has 0 bridgehead atoms. The summed E-state index contributed by atoms with van der Waals surface area (Å²) in [5.41, 5.74) is 0.134. The van der Waals surface area contributed by atoms with Crippen LogP contribution in [0.5, 0.6) is 6.01 Å². The molecule has 11 heteroatoms. The van der Waals surface area contributed by atoms with E-state index in [4.69, 9.17) is 0 Å². The molecule has 0 saturated heterocycles. The second-order valence-electron chi connectivity index (χ2n) is 5.30. The van der Waals surface area contributed by atoms with Crippen molar-refractivity contribution in [2.75, 3.05) is 13.2 Å². The van der Waals surface area contributed by atoms with Gasteiger partial charge >= 0.3 is 12.2 Å². The summed E-state index contributed by atoms with van der Waals surface area (Å²) in [4.78, 5) is 31.0. The second kappa shape index (κ2) is 8.92. The predicted molar refractivity (Wildman–Crippen MR) is 88.9 cm³/mol. The number of ether oxygens (including phenoxy) is 1. The molecule has 0 radical (unpaired) electrons. The monoisotopic (exact) mass is 383 g/mol. The van der Waals surface area contributed by atoms with E-state index in [0.29, 0.717) is 18.5 Å². The van der Waals surface area contributed by atoms with E-state index in [1.165, 1.54) is 24.5 Å². The molecule has 2 aromatic rings. The summed E-state index contributed by atoms with van der Waals surface area (Å²) in [6.45, 7) is 2.14. The number of carbonyl (C=O) groups excluding carboxylic acids is 1. The molecule has 2 rings (SSSR count). The van der Waals surface area contributed by atoms with Crippen LogP contribution in [0.1, 0.15) is 6.42 Å². The van der Waals surface area contributed by atoms with Gasteiger partial charge in [0.25, 0.3) is 5.56 Å². The SMILES string of the molecule is C=CCCNC(=O)Cn1nc(-c2cnc(OCC(F)(F)F)nc2)ccc1=O. The van der Waals surface area contributed by atoms with E-state index < -0.39 is 30.3 Å². The van der Waals surface area contributed by atoms with E-state index >= 15 is 0 Å². The van der Waals surface area contributed by atoms with Gasteiger partial charge in [-0.25, -0.2) is 14.6 Å².